The minimum atomic E-state index is -2.93. The number of hydrogen-bond acceptors (Lipinski definition) is 6. The Hall–Kier alpha value is -0.0300. The second kappa shape index (κ2) is 11.6. The molecule has 0 saturated heterocycles. The van der Waals surface area contributed by atoms with Gasteiger partial charge in [0.1, 0.15) is 6.10 Å². The van der Waals surface area contributed by atoms with Gasteiger partial charge in [0.05, 0.1) is 25.8 Å². The first-order chi connectivity index (χ1) is 9.43. The van der Waals surface area contributed by atoms with Crippen molar-refractivity contribution in [2.75, 3.05) is 30.9 Å². The molecule has 0 aliphatic heterocycles. The highest BCUT2D eigenvalue weighted by Gasteiger charge is 2.22. The molecule has 0 rings (SSSR count). The van der Waals surface area contributed by atoms with Crippen molar-refractivity contribution in [1.29, 1.82) is 0 Å². The summed E-state index contributed by atoms with van der Waals surface area (Å²) in [7, 11) is -2.93. The van der Waals surface area contributed by atoms with E-state index in [9.17, 15) is 9.36 Å². The number of rotatable bonds is 12. The topological polar surface area (TPSA) is 61.8 Å². The van der Waals surface area contributed by atoms with Gasteiger partial charge in [0.2, 0.25) is 0 Å². The smallest absolute Gasteiger partial charge is 0.330 e. The van der Waals surface area contributed by atoms with Gasteiger partial charge in [0, 0.05) is 5.75 Å². The highest BCUT2D eigenvalue weighted by molar-refractivity contribution is 7.99. The van der Waals surface area contributed by atoms with Gasteiger partial charge in [-0.25, -0.2) is 0 Å². The first-order valence-corrected chi connectivity index (χ1v) is 9.63. The Morgan fingerprint density at radius 2 is 1.80 bits per heavy atom. The standard InChI is InChI=1S/C13H25O5PS/c1-5-16-19(15,17-6-2)9-7-10-20-11-8-13(14)18-12(3)4/h12H,3-11H2,1-2H3. The fraction of sp³-hybridized carbons (Fsp3) is 0.769. The minimum absolute atomic E-state index is 0.290. The summed E-state index contributed by atoms with van der Waals surface area (Å²) < 4.78 is 27.3. The maximum Gasteiger partial charge on any atom is 0.330 e. The van der Waals surface area contributed by atoms with E-state index >= 15 is 0 Å². The zero-order valence-corrected chi connectivity index (χ0v) is 14.0. The lowest BCUT2D eigenvalue weighted by molar-refractivity contribution is -0.144. The van der Waals surface area contributed by atoms with Gasteiger partial charge in [0.25, 0.3) is 0 Å². The van der Waals surface area contributed by atoms with E-state index in [1.165, 1.54) is 0 Å². The highest BCUT2D eigenvalue weighted by Crippen LogP contribution is 2.48. The zero-order chi connectivity index (χ0) is 15.4. The largest absolute Gasteiger partial charge is 0.462 e. The molecule has 0 fully saturated rings. The van der Waals surface area contributed by atoms with E-state index in [2.05, 4.69) is 13.8 Å². The Kier molecular flexibility index (Phi) is 11.6. The van der Waals surface area contributed by atoms with Crippen LogP contribution < -0.4 is 0 Å². The molecule has 0 N–H and O–H groups in total. The van der Waals surface area contributed by atoms with Gasteiger partial charge in [-0.3, -0.25) is 9.36 Å². The second-order valence-electron chi connectivity index (χ2n) is 4.00. The third-order valence-corrected chi connectivity index (χ3v) is 5.36. The first-order valence-electron chi connectivity index (χ1n) is 6.75. The molecule has 0 spiro atoms. The molecule has 0 unspecified atom stereocenters. The minimum Gasteiger partial charge on any atom is -0.462 e. The summed E-state index contributed by atoms with van der Waals surface area (Å²) >= 11 is 1.61. The summed E-state index contributed by atoms with van der Waals surface area (Å²) in [5, 5.41) is 0. The number of hydrogen-bond donors (Lipinski definition) is 0. The number of thioether (sulfide) groups is 1. The molecule has 0 amide bonds. The Balaban J connectivity index is 3.69. The maximum absolute atomic E-state index is 12.1. The van der Waals surface area contributed by atoms with Crippen LogP contribution >= 0.6 is 19.4 Å². The van der Waals surface area contributed by atoms with E-state index in [1.54, 1.807) is 25.6 Å². The lowest BCUT2D eigenvalue weighted by atomic mass is 10.4. The third-order valence-electron chi connectivity index (χ3n) is 2.12. The summed E-state index contributed by atoms with van der Waals surface area (Å²) in [5.74, 6) is 1.18. The molecular formula is C13H25O5PS. The predicted molar refractivity (Wildman–Crippen MR) is 82.9 cm³/mol. The van der Waals surface area contributed by atoms with Gasteiger partial charge in [-0.1, -0.05) is 0 Å². The van der Waals surface area contributed by atoms with Crippen molar-refractivity contribution in [1.82, 2.24) is 0 Å². The lowest BCUT2D eigenvalue weighted by Gasteiger charge is -2.16. The highest BCUT2D eigenvalue weighted by atomic mass is 32.2. The van der Waals surface area contributed by atoms with E-state index in [0.29, 0.717) is 31.5 Å². The molecule has 7 heteroatoms. The molecule has 0 atom stereocenters. The molecule has 0 aromatic carbocycles. The van der Waals surface area contributed by atoms with Gasteiger partial charge in [-0.15, -0.1) is 0 Å². The van der Waals surface area contributed by atoms with Crippen molar-refractivity contribution >= 4 is 25.3 Å². The fourth-order valence-electron chi connectivity index (χ4n) is 1.42. The summed E-state index contributed by atoms with van der Waals surface area (Å²) in [6, 6.07) is 0. The van der Waals surface area contributed by atoms with Crippen molar-refractivity contribution in [2.24, 2.45) is 0 Å². The van der Waals surface area contributed by atoms with E-state index < -0.39 is 13.7 Å². The van der Waals surface area contributed by atoms with E-state index in [4.69, 9.17) is 13.8 Å². The predicted octanol–water partition coefficient (Wildman–Crippen LogP) is 3.35. The third kappa shape index (κ3) is 10.7. The molecule has 20 heavy (non-hydrogen) atoms. The van der Waals surface area contributed by atoms with Crippen LogP contribution in [0.5, 0.6) is 0 Å². The van der Waals surface area contributed by atoms with E-state index in [1.807, 2.05) is 0 Å². The monoisotopic (exact) mass is 324 g/mol. The van der Waals surface area contributed by atoms with E-state index in [-0.39, 0.29) is 5.97 Å². The van der Waals surface area contributed by atoms with Crippen LogP contribution in [0.2, 0.25) is 0 Å². The summed E-state index contributed by atoms with van der Waals surface area (Å²) in [4.78, 5) is 11.2. The van der Waals surface area contributed by atoms with Gasteiger partial charge in [-0.05, 0) is 39.9 Å². The number of ether oxygens (including phenoxy) is 1. The number of carbonyl (C=O) groups excluding carboxylic acids is 1. The molecule has 0 aromatic heterocycles. The lowest BCUT2D eigenvalue weighted by Crippen LogP contribution is -2.12. The number of esters is 1. The zero-order valence-electron chi connectivity index (χ0n) is 12.3. The Labute approximate surface area is 126 Å². The fourth-order valence-corrected chi connectivity index (χ4v) is 4.16. The van der Waals surface area contributed by atoms with Crippen molar-refractivity contribution in [3.05, 3.63) is 13.8 Å². The molecule has 0 bridgehead atoms. The average Bonchev–Trinajstić information content (AvgIpc) is 2.33. The number of carbonyl (C=O) groups is 1. The van der Waals surface area contributed by atoms with Crippen LogP contribution in [0.1, 0.15) is 26.7 Å². The van der Waals surface area contributed by atoms with Crippen molar-refractivity contribution in [2.45, 2.75) is 32.8 Å². The van der Waals surface area contributed by atoms with Crippen LogP contribution in [0.25, 0.3) is 0 Å². The molecule has 5 nitrogen and oxygen atoms in total. The van der Waals surface area contributed by atoms with E-state index in [0.717, 1.165) is 12.2 Å². The van der Waals surface area contributed by atoms with Gasteiger partial charge >= 0.3 is 13.6 Å². The molecule has 0 aromatic rings. The Morgan fingerprint density at radius 3 is 2.30 bits per heavy atom. The van der Waals surface area contributed by atoms with Gasteiger partial charge in [0.15, 0.2) is 0 Å². The van der Waals surface area contributed by atoms with Crippen LogP contribution in [0.15, 0.2) is 0 Å². The van der Waals surface area contributed by atoms with Gasteiger partial charge in [-0.2, -0.15) is 11.8 Å². The maximum atomic E-state index is 12.1. The molecule has 2 radical (unpaired) electrons. The average molecular weight is 324 g/mol. The molecule has 118 valence electrons. The van der Waals surface area contributed by atoms with Crippen LogP contribution in [0.4, 0.5) is 0 Å². The second-order valence-corrected chi connectivity index (χ2v) is 7.41. The first kappa shape index (κ1) is 20.0. The van der Waals surface area contributed by atoms with Crippen molar-refractivity contribution in [3.8, 4) is 0 Å². The SMILES string of the molecule is [CH2]C([CH2])OC(=O)CCSCCCP(=O)(OCC)OCC. The summed E-state index contributed by atoms with van der Waals surface area (Å²) in [6.07, 6.45) is 0.910. The van der Waals surface area contributed by atoms with Crippen LogP contribution in [0.3, 0.4) is 0 Å². The van der Waals surface area contributed by atoms with Crippen LogP contribution in [-0.2, 0) is 23.1 Å². The molecule has 0 aliphatic rings. The van der Waals surface area contributed by atoms with Crippen LogP contribution in [0, 0.1) is 13.8 Å². The van der Waals surface area contributed by atoms with Gasteiger partial charge < -0.3 is 13.8 Å². The normalized spacial score (nSPS) is 11.8. The van der Waals surface area contributed by atoms with Crippen molar-refractivity contribution < 1.29 is 23.1 Å². The molecule has 0 heterocycles. The quantitative estimate of drug-likeness (QED) is 0.312. The molecule has 0 aliphatic carbocycles. The van der Waals surface area contributed by atoms with Crippen molar-refractivity contribution in [3.63, 3.8) is 0 Å². The Bertz CT molecular complexity index is 299. The Morgan fingerprint density at radius 1 is 1.20 bits per heavy atom. The summed E-state index contributed by atoms with van der Waals surface area (Å²) in [6.45, 7) is 11.3. The summed E-state index contributed by atoms with van der Waals surface area (Å²) in [5.41, 5.74) is 0. The molecular weight excluding hydrogens is 299 g/mol. The van der Waals surface area contributed by atoms with Crippen LogP contribution in [-0.4, -0.2) is 43.0 Å². The molecule has 0 saturated carbocycles.